The molecular weight excluding hydrogens is 518 g/mol. The van der Waals surface area contributed by atoms with E-state index in [-0.39, 0.29) is 0 Å². The molecule has 0 unspecified atom stereocenters. The summed E-state index contributed by atoms with van der Waals surface area (Å²) in [7, 11) is 0. The number of para-hydroxylation sites is 1. The fourth-order valence-electron chi connectivity index (χ4n) is 6.46. The maximum absolute atomic E-state index is 6.94. The summed E-state index contributed by atoms with van der Waals surface area (Å²) in [6.45, 7) is 0. The van der Waals surface area contributed by atoms with Crippen molar-refractivity contribution in [2.75, 3.05) is 0 Å². The van der Waals surface area contributed by atoms with Crippen LogP contribution in [0.1, 0.15) is 0 Å². The smallest absolute Gasteiger partial charge is 0.145 e. The molecule has 0 aliphatic carbocycles. The molecule has 3 heteroatoms. The van der Waals surface area contributed by atoms with Crippen LogP contribution < -0.4 is 0 Å². The van der Waals surface area contributed by atoms with Gasteiger partial charge in [-0.05, 0) is 35.9 Å². The maximum atomic E-state index is 6.94. The molecule has 6 aromatic carbocycles. The van der Waals surface area contributed by atoms with Crippen molar-refractivity contribution in [3.8, 4) is 28.1 Å². The summed E-state index contributed by atoms with van der Waals surface area (Å²) in [5.74, 6) is 0.905. The average Bonchev–Trinajstić information content (AvgIpc) is 3.71. The van der Waals surface area contributed by atoms with E-state index in [0.717, 1.165) is 44.3 Å². The minimum absolute atomic E-state index is 0.905. The van der Waals surface area contributed by atoms with Crippen LogP contribution in [-0.4, -0.2) is 4.57 Å². The lowest BCUT2D eigenvalue weighted by atomic mass is 9.98. The number of rotatable bonds is 3. The van der Waals surface area contributed by atoms with E-state index in [1.807, 2.05) is 11.3 Å². The van der Waals surface area contributed by atoms with Gasteiger partial charge in [0.15, 0.2) is 0 Å². The first-order valence-electron chi connectivity index (χ1n) is 13.9. The molecule has 0 fully saturated rings. The second-order valence-corrected chi connectivity index (χ2v) is 11.5. The Bertz CT molecular complexity index is 2410. The highest BCUT2D eigenvalue weighted by Gasteiger charge is 2.23. The Labute approximate surface area is 240 Å². The van der Waals surface area contributed by atoms with Crippen LogP contribution in [0.25, 0.3) is 81.1 Å². The first kappa shape index (κ1) is 22.7. The molecule has 0 radical (unpaired) electrons. The molecule has 0 spiro atoms. The van der Waals surface area contributed by atoms with Gasteiger partial charge in [0.1, 0.15) is 11.3 Å². The monoisotopic (exact) mass is 541 g/mol. The Morgan fingerprint density at radius 3 is 2.00 bits per heavy atom. The summed E-state index contributed by atoms with van der Waals surface area (Å²) in [5, 5.41) is 6.08. The van der Waals surface area contributed by atoms with Gasteiger partial charge in [-0.1, -0.05) is 109 Å². The highest BCUT2D eigenvalue weighted by Crippen LogP contribution is 2.47. The largest absolute Gasteiger partial charge is 0.455 e. The SMILES string of the molecule is c1ccc(-c2oc3c(ccc4c3c3ccccc3n4-c3cccc4c3sc3ccccc34)c2-c2ccccc2)cc1. The number of hydrogen-bond acceptors (Lipinski definition) is 2. The lowest BCUT2D eigenvalue weighted by Crippen LogP contribution is -1.93. The Morgan fingerprint density at radius 1 is 0.488 bits per heavy atom. The van der Waals surface area contributed by atoms with E-state index in [0.29, 0.717) is 0 Å². The van der Waals surface area contributed by atoms with Gasteiger partial charge in [-0.3, -0.25) is 0 Å². The van der Waals surface area contributed by atoms with Crippen molar-refractivity contribution in [2.45, 2.75) is 0 Å². The minimum atomic E-state index is 0.905. The summed E-state index contributed by atoms with van der Waals surface area (Å²) < 4.78 is 12.0. The number of aromatic nitrogens is 1. The Kier molecular flexibility index (Phi) is 4.80. The van der Waals surface area contributed by atoms with Gasteiger partial charge >= 0.3 is 0 Å². The molecule has 192 valence electrons. The van der Waals surface area contributed by atoms with Crippen molar-refractivity contribution in [3.63, 3.8) is 0 Å². The third-order valence-corrected chi connectivity index (χ3v) is 9.42. The summed E-state index contributed by atoms with van der Waals surface area (Å²) in [6, 6.07) is 49.7. The van der Waals surface area contributed by atoms with Crippen molar-refractivity contribution < 1.29 is 4.42 Å². The van der Waals surface area contributed by atoms with Crippen LogP contribution in [0.3, 0.4) is 0 Å². The molecule has 3 heterocycles. The zero-order valence-corrected chi connectivity index (χ0v) is 22.9. The highest BCUT2D eigenvalue weighted by molar-refractivity contribution is 7.26. The van der Waals surface area contributed by atoms with Crippen molar-refractivity contribution >= 4 is 64.3 Å². The summed E-state index contributed by atoms with van der Waals surface area (Å²) >= 11 is 1.86. The molecule has 0 aliphatic heterocycles. The van der Waals surface area contributed by atoms with Crippen LogP contribution in [0.2, 0.25) is 0 Å². The Morgan fingerprint density at radius 2 is 1.17 bits per heavy atom. The van der Waals surface area contributed by atoms with E-state index in [2.05, 4.69) is 144 Å². The average molecular weight is 542 g/mol. The highest BCUT2D eigenvalue weighted by atomic mass is 32.1. The predicted molar refractivity (Wildman–Crippen MR) is 174 cm³/mol. The molecule has 3 aromatic heterocycles. The molecule has 2 nitrogen and oxygen atoms in total. The topological polar surface area (TPSA) is 18.1 Å². The van der Waals surface area contributed by atoms with Crippen LogP contribution in [0.4, 0.5) is 0 Å². The van der Waals surface area contributed by atoms with Crippen LogP contribution in [0.5, 0.6) is 0 Å². The van der Waals surface area contributed by atoms with Crippen molar-refractivity contribution in [1.29, 1.82) is 0 Å². The van der Waals surface area contributed by atoms with E-state index >= 15 is 0 Å². The van der Waals surface area contributed by atoms with E-state index in [1.54, 1.807) is 0 Å². The number of thiophene rings is 1. The number of benzene rings is 6. The molecule has 0 saturated heterocycles. The fraction of sp³-hybridized carbons (Fsp3) is 0. The Hall–Kier alpha value is -5.12. The van der Waals surface area contributed by atoms with E-state index in [9.17, 15) is 0 Å². The van der Waals surface area contributed by atoms with Crippen LogP contribution >= 0.6 is 11.3 Å². The standard InChI is InChI=1S/C38H23NOS/c1-3-12-24(13-4-1)34-29-22-23-31-35(37(29)40-36(34)25-14-5-2-6-15-25)28-17-7-9-19-30(28)39(31)32-20-11-18-27-26-16-8-10-21-33(26)41-38(27)32/h1-23H. The zero-order valence-electron chi connectivity index (χ0n) is 22.0. The van der Waals surface area contributed by atoms with E-state index in [4.69, 9.17) is 4.42 Å². The van der Waals surface area contributed by atoms with Gasteiger partial charge in [-0.15, -0.1) is 11.3 Å². The second kappa shape index (κ2) is 8.69. The van der Waals surface area contributed by atoms with Crippen molar-refractivity contribution in [3.05, 3.63) is 140 Å². The predicted octanol–water partition coefficient (Wildman–Crippen LogP) is 11.2. The maximum Gasteiger partial charge on any atom is 0.145 e. The lowest BCUT2D eigenvalue weighted by molar-refractivity contribution is 0.636. The molecule has 0 amide bonds. The molecule has 41 heavy (non-hydrogen) atoms. The number of furan rings is 1. The van der Waals surface area contributed by atoms with Gasteiger partial charge in [0.2, 0.25) is 0 Å². The molecular formula is C38H23NOS. The number of fused-ring (bicyclic) bond motifs is 8. The molecule has 9 aromatic rings. The first-order valence-corrected chi connectivity index (χ1v) is 14.7. The van der Waals surface area contributed by atoms with Crippen molar-refractivity contribution in [2.24, 2.45) is 0 Å². The first-order chi connectivity index (χ1) is 20.4. The van der Waals surface area contributed by atoms with E-state index in [1.165, 1.54) is 36.8 Å². The molecule has 9 rings (SSSR count). The van der Waals surface area contributed by atoms with Gasteiger partial charge in [0, 0.05) is 37.4 Å². The van der Waals surface area contributed by atoms with Gasteiger partial charge in [-0.2, -0.15) is 0 Å². The molecule has 0 saturated carbocycles. The number of nitrogens with zero attached hydrogens (tertiary/aromatic N) is 1. The minimum Gasteiger partial charge on any atom is -0.455 e. The Balaban J connectivity index is 1.43. The quantitative estimate of drug-likeness (QED) is 0.217. The summed E-state index contributed by atoms with van der Waals surface area (Å²) in [4.78, 5) is 0. The van der Waals surface area contributed by atoms with Gasteiger partial charge in [0.25, 0.3) is 0 Å². The number of hydrogen-bond donors (Lipinski definition) is 0. The van der Waals surface area contributed by atoms with Crippen molar-refractivity contribution in [1.82, 2.24) is 4.57 Å². The summed E-state index contributed by atoms with van der Waals surface area (Å²) in [6.07, 6.45) is 0. The van der Waals surface area contributed by atoms with Crippen LogP contribution in [0, 0.1) is 0 Å². The molecule has 0 atom stereocenters. The van der Waals surface area contributed by atoms with E-state index < -0.39 is 0 Å². The van der Waals surface area contributed by atoms with Gasteiger partial charge in [-0.25, -0.2) is 0 Å². The van der Waals surface area contributed by atoms with Crippen LogP contribution in [-0.2, 0) is 0 Å². The summed E-state index contributed by atoms with van der Waals surface area (Å²) in [5.41, 5.74) is 7.83. The molecule has 0 aliphatic rings. The fourth-order valence-corrected chi connectivity index (χ4v) is 7.67. The van der Waals surface area contributed by atoms with Crippen LogP contribution in [0.15, 0.2) is 144 Å². The second-order valence-electron chi connectivity index (χ2n) is 10.5. The third kappa shape index (κ3) is 3.24. The lowest BCUT2D eigenvalue weighted by Gasteiger charge is -2.09. The third-order valence-electron chi connectivity index (χ3n) is 8.21. The normalized spacial score (nSPS) is 11.9. The van der Waals surface area contributed by atoms with Gasteiger partial charge in [0.05, 0.1) is 26.8 Å². The van der Waals surface area contributed by atoms with Gasteiger partial charge < -0.3 is 8.98 Å². The molecule has 0 N–H and O–H groups in total. The zero-order chi connectivity index (χ0) is 26.9. The molecule has 0 bridgehead atoms.